The van der Waals surface area contributed by atoms with E-state index in [1.807, 2.05) is 6.92 Å². The molecule has 1 heterocycles. The second kappa shape index (κ2) is 9.34. The Balaban J connectivity index is 1.67. The van der Waals surface area contributed by atoms with Crippen molar-refractivity contribution >= 4 is 15.7 Å². The molecule has 0 spiro atoms. The van der Waals surface area contributed by atoms with Crippen LogP contribution in [0.4, 0.5) is 0 Å². The second-order valence-electron chi connectivity index (χ2n) is 6.97. The molecule has 1 saturated heterocycles. The Labute approximate surface area is 151 Å². The van der Waals surface area contributed by atoms with Crippen molar-refractivity contribution in [2.24, 2.45) is 0 Å². The van der Waals surface area contributed by atoms with Crippen LogP contribution in [-0.2, 0) is 14.6 Å². The van der Waals surface area contributed by atoms with Crippen LogP contribution in [0.2, 0.25) is 0 Å². The van der Waals surface area contributed by atoms with Crippen LogP contribution in [0, 0.1) is 6.92 Å². The third kappa shape index (κ3) is 6.44. The summed E-state index contributed by atoms with van der Waals surface area (Å²) in [6.07, 6.45) is 4.73. The SMILES string of the molecule is Cc1ccc(S(=O)(=O)CCC(=O)NCCCN2CCCC[C@@H]2C)cc1. The van der Waals surface area contributed by atoms with Crippen molar-refractivity contribution in [3.8, 4) is 0 Å². The number of hydrogen-bond donors (Lipinski definition) is 1. The number of benzene rings is 1. The van der Waals surface area contributed by atoms with Gasteiger partial charge < -0.3 is 10.2 Å². The van der Waals surface area contributed by atoms with Crippen molar-refractivity contribution in [2.75, 3.05) is 25.4 Å². The topological polar surface area (TPSA) is 66.5 Å². The summed E-state index contributed by atoms with van der Waals surface area (Å²) in [4.78, 5) is 14.7. The Morgan fingerprint density at radius 1 is 1.24 bits per heavy atom. The number of hydrogen-bond acceptors (Lipinski definition) is 4. The van der Waals surface area contributed by atoms with Gasteiger partial charge in [0.2, 0.25) is 5.91 Å². The fourth-order valence-electron chi connectivity index (χ4n) is 3.18. The second-order valence-corrected chi connectivity index (χ2v) is 9.08. The van der Waals surface area contributed by atoms with Crippen LogP contribution in [0.1, 0.15) is 44.6 Å². The quantitative estimate of drug-likeness (QED) is 0.718. The molecule has 2 rings (SSSR count). The van der Waals surface area contributed by atoms with Crippen LogP contribution in [0.3, 0.4) is 0 Å². The van der Waals surface area contributed by atoms with Crippen molar-refractivity contribution in [1.29, 1.82) is 0 Å². The predicted octanol–water partition coefficient (Wildman–Crippen LogP) is 2.54. The number of carbonyl (C=O) groups excluding carboxylic acids is 1. The molecular weight excluding hydrogens is 336 g/mol. The molecule has 0 aromatic heterocycles. The lowest BCUT2D eigenvalue weighted by atomic mass is 10.0. The first-order valence-electron chi connectivity index (χ1n) is 9.18. The lowest BCUT2D eigenvalue weighted by Crippen LogP contribution is -2.39. The van der Waals surface area contributed by atoms with E-state index in [2.05, 4.69) is 17.1 Å². The minimum absolute atomic E-state index is 0.0102. The van der Waals surface area contributed by atoms with Gasteiger partial charge in [0.1, 0.15) is 0 Å². The van der Waals surface area contributed by atoms with Crippen molar-refractivity contribution in [3.63, 3.8) is 0 Å². The number of nitrogens with one attached hydrogen (secondary N) is 1. The Hall–Kier alpha value is -1.40. The molecule has 0 bridgehead atoms. The summed E-state index contributed by atoms with van der Waals surface area (Å²) >= 11 is 0. The summed E-state index contributed by atoms with van der Waals surface area (Å²) in [7, 11) is -3.40. The number of likely N-dealkylation sites (tertiary alicyclic amines) is 1. The highest BCUT2D eigenvalue weighted by atomic mass is 32.2. The van der Waals surface area contributed by atoms with Gasteiger partial charge in [-0.3, -0.25) is 4.79 Å². The predicted molar refractivity (Wildman–Crippen MR) is 100 cm³/mol. The van der Waals surface area contributed by atoms with E-state index < -0.39 is 9.84 Å². The van der Waals surface area contributed by atoms with Gasteiger partial charge in [0.05, 0.1) is 10.6 Å². The van der Waals surface area contributed by atoms with E-state index >= 15 is 0 Å². The Morgan fingerprint density at radius 3 is 2.64 bits per heavy atom. The smallest absolute Gasteiger partial charge is 0.221 e. The molecule has 1 aromatic rings. The van der Waals surface area contributed by atoms with E-state index in [0.29, 0.717) is 12.6 Å². The van der Waals surface area contributed by atoms with Gasteiger partial charge >= 0.3 is 0 Å². The van der Waals surface area contributed by atoms with Gasteiger partial charge in [-0.2, -0.15) is 0 Å². The van der Waals surface area contributed by atoms with E-state index in [9.17, 15) is 13.2 Å². The average molecular weight is 367 g/mol. The maximum Gasteiger partial charge on any atom is 0.221 e. The molecule has 140 valence electrons. The molecule has 1 aliphatic heterocycles. The van der Waals surface area contributed by atoms with Crippen molar-refractivity contribution < 1.29 is 13.2 Å². The zero-order valence-corrected chi connectivity index (χ0v) is 16.1. The fourth-order valence-corrected chi connectivity index (χ4v) is 4.42. The average Bonchev–Trinajstić information content (AvgIpc) is 2.59. The molecule has 1 fully saturated rings. The zero-order valence-electron chi connectivity index (χ0n) is 15.3. The van der Waals surface area contributed by atoms with Gasteiger partial charge in [-0.25, -0.2) is 8.42 Å². The Kier molecular flexibility index (Phi) is 7.44. The number of aryl methyl sites for hydroxylation is 1. The van der Waals surface area contributed by atoms with Crippen LogP contribution in [0.15, 0.2) is 29.2 Å². The van der Waals surface area contributed by atoms with Crippen molar-refractivity contribution in [2.45, 2.75) is 56.9 Å². The first kappa shape index (κ1) is 19.9. The largest absolute Gasteiger partial charge is 0.356 e. The summed E-state index contributed by atoms with van der Waals surface area (Å²) < 4.78 is 24.5. The summed E-state index contributed by atoms with van der Waals surface area (Å²) in [5.41, 5.74) is 1.01. The minimum Gasteiger partial charge on any atom is -0.356 e. The van der Waals surface area contributed by atoms with Crippen molar-refractivity contribution in [1.82, 2.24) is 10.2 Å². The van der Waals surface area contributed by atoms with E-state index in [-0.39, 0.29) is 23.0 Å². The van der Waals surface area contributed by atoms with Crippen LogP contribution in [0.5, 0.6) is 0 Å². The lowest BCUT2D eigenvalue weighted by molar-refractivity contribution is -0.120. The first-order valence-corrected chi connectivity index (χ1v) is 10.8. The highest BCUT2D eigenvalue weighted by Gasteiger charge is 2.18. The number of nitrogens with zero attached hydrogens (tertiary/aromatic N) is 1. The standard InChI is InChI=1S/C19H30N2O3S/c1-16-7-9-18(10-8-16)25(23,24)15-11-19(22)20-12-5-14-21-13-4-3-6-17(21)2/h7-10,17H,3-6,11-15H2,1-2H3,(H,20,22)/t17-/m0/s1. The maximum atomic E-state index is 12.2. The van der Waals surface area contributed by atoms with Gasteiger partial charge in [0, 0.05) is 25.6 Å². The summed E-state index contributed by atoms with van der Waals surface area (Å²) in [6, 6.07) is 7.37. The van der Waals surface area contributed by atoms with Gasteiger partial charge in [-0.15, -0.1) is 0 Å². The first-order chi connectivity index (χ1) is 11.9. The van der Waals surface area contributed by atoms with Crippen LogP contribution < -0.4 is 5.32 Å². The number of carbonyl (C=O) groups is 1. The van der Waals surface area contributed by atoms with Gasteiger partial charge in [-0.1, -0.05) is 24.1 Å². The van der Waals surface area contributed by atoms with E-state index in [4.69, 9.17) is 0 Å². The molecule has 5 nitrogen and oxygen atoms in total. The molecule has 1 N–H and O–H groups in total. The molecule has 0 unspecified atom stereocenters. The molecule has 1 amide bonds. The highest BCUT2D eigenvalue weighted by molar-refractivity contribution is 7.91. The normalized spacial score (nSPS) is 18.9. The van der Waals surface area contributed by atoms with Gasteiger partial charge in [0.15, 0.2) is 9.84 Å². The molecule has 1 aromatic carbocycles. The Morgan fingerprint density at radius 2 is 1.96 bits per heavy atom. The molecule has 1 atom stereocenters. The third-order valence-corrected chi connectivity index (χ3v) is 6.59. The molecule has 0 aliphatic carbocycles. The summed E-state index contributed by atoms with van der Waals surface area (Å²) in [5.74, 6) is -0.340. The summed E-state index contributed by atoms with van der Waals surface area (Å²) in [5, 5.41) is 2.84. The molecule has 6 heteroatoms. The molecule has 0 radical (unpaired) electrons. The molecule has 25 heavy (non-hydrogen) atoms. The molecule has 0 saturated carbocycles. The van der Waals surface area contributed by atoms with Crippen LogP contribution >= 0.6 is 0 Å². The van der Waals surface area contributed by atoms with Crippen molar-refractivity contribution in [3.05, 3.63) is 29.8 Å². The number of piperidine rings is 1. The lowest BCUT2D eigenvalue weighted by Gasteiger charge is -2.33. The van der Waals surface area contributed by atoms with E-state index in [0.717, 1.165) is 25.1 Å². The molecule has 1 aliphatic rings. The van der Waals surface area contributed by atoms with Gasteiger partial charge in [0.25, 0.3) is 0 Å². The molecular formula is C19H30N2O3S. The fraction of sp³-hybridized carbons (Fsp3) is 0.632. The van der Waals surface area contributed by atoms with Crippen LogP contribution in [-0.4, -0.2) is 50.7 Å². The minimum atomic E-state index is -3.40. The van der Waals surface area contributed by atoms with E-state index in [1.165, 1.54) is 19.3 Å². The van der Waals surface area contributed by atoms with Crippen LogP contribution in [0.25, 0.3) is 0 Å². The maximum absolute atomic E-state index is 12.2. The summed E-state index contributed by atoms with van der Waals surface area (Å²) in [6.45, 7) is 6.90. The third-order valence-electron chi connectivity index (χ3n) is 4.86. The number of amides is 1. The van der Waals surface area contributed by atoms with E-state index in [1.54, 1.807) is 24.3 Å². The van der Waals surface area contributed by atoms with Gasteiger partial charge in [-0.05, 0) is 51.8 Å². The highest BCUT2D eigenvalue weighted by Crippen LogP contribution is 2.16. The zero-order chi connectivity index (χ0) is 18.3. The number of sulfone groups is 1. The Bertz CT molecular complexity index is 656. The monoisotopic (exact) mass is 366 g/mol. The number of rotatable bonds is 8.